The van der Waals surface area contributed by atoms with Crippen LogP contribution in [0.2, 0.25) is 0 Å². The van der Waals surface area contributed by atoms with E-state index in [9.17, 15) is 0 Å². The summed E-state index contributed by atoms with van der Waals surface area (Å²) in [6.45, 7) is 1.65. The van der Waals surface area contributed by atoms with Crippen LogP contribution in [0.5, 0.6) is 0 Å². The van der Waals surface area contributed by atoms with Gasteiger partial charge in [-0.3, -0.25) is 0 Å². The van der Waals surface area contributed by atoms with Crippen molar-refractivity contribution in [1.82, 2.24) is 0 Å². The number of hydrogen-bond donors (Lipinski definition) is 0. The average Bonchev–Trinajstić information content (AvgIpc) is 2.14. The van der Waals surface area contributed by atoms with E-state index < -0.39 is 0 Å². The molecule has 0 aliphatic carbocycles. The van der Waals surface area contributed by atoms with E-state index in [2.05, 4.69) is 0 Å². The maximum absolute atomic E-state index is 5.02. The van der Waals surface area contributed by atoms with E-state index in [0.29, 0.717) is 6.10 Å². The molecule has 1 fully saturated rings. The van der Waals surface area contributed by atoms with Crippen LogP contribution < -0.4 is 0 Å². The first-order valence-electron chi connectivity index (χ1n) is 2.28. The van der Waals surface area contributed by atoms with Crippen LogP contribution in [0.25, 0.3) is 0 Å². The maximum Gasteiger partial charge on any atom is 0.110 e. The van der Waals surface area contributed by atoms with Crippen LogP contribution >= 0.6 is 23.0 Å². The summed E-state index contributed by atoms with van der Waals surface area (Å²) in [4.78, 5) is 0. The van der Waals surface area contributed by atoms with Gasteiger partial charge in [0.15, 0.2) is 0 Å². The number of ether oxygens (including phenoxy) is 1. The highest BCUT2D eigenvalue weighted by Crippen LogP contribution is 2.10. The fourth-order valence-electron chi connectivity index (χ4n) is 0.583. The largest absolute Gasteiger partial charge is 0.379 e. The molecule has 0 saturated carbocycles. The van der Waals surface area contributed by atoms with Crippen molar-refractivity contribution in [3.63, 3.8) is 0 Å². The first-order valence-corrected chi connectivity index (χ1v) is 3.16. The highest BCUT2D eigenvalue weighted by molar-refractivity contribution is 14.1. The van der Waals surface area contributed by atoms with Crippen molar-refractivity contribution in [1.29, 1.82) is 0 Å². The minimum Gasteiger partial charge on any atom is -0.379 e. The zero-order valence-corrected chi connectivity index (χ0v) is 6.05. The Kier molecular flexibility index (Phi) is 2.34. The zero-order chi connectivity index (χ0) is 5.11. The standard InChI is InChI=1S/C4H7IO2/c5-7-4-1-2-6-3-4/h4H,1-3H2/t4-/m0/s1. The van der Waals surface area contributed by atoms with Crippen LogP contribution in [0, 0.1) is 0 Å². The second kappa shape index (κ2) is 2.84. The molecule has 42 valence electrons. The van der Waals surface area contributed by atoms with E-state index in [1.807, 2.05) is 23.0 Å². The van der Waals surface area contributed by atoms with E-state index in [4.69, 9.17) is 7.80 Å². The zero-order valence-electron chi connectivity index (χ0n) is 3.89. The van der Waals surface area contributed by atoms with Gasteiger partial charge in [0.25, 0.3) is 0 Å². The van der Waals surface area contributed by atoms with Crippen molar-refractivity contribution >= 4 is 23.0 Å². The topological polar surface area (TPSA) is 18.5 Å². The quantitative estimate of drug-likeness (QED) is 0.609. The molecule has 0 bridgehead atoms. The number of halogens is 1. The number of rotatable bonds is 1. The van der Waals surface area contributed by atoms with Gasteiger partial charge >= 0.3 is 0 Å². The van der Waals surface area contributed by atoms with Gasteiger partial charge < -0.3 is 7.80 Å². The third kappa shape index (κ3) is 1.54. The number of hydrogen-bond acceptors (Lipinski definition) is 2. The Morgan fingerprint density at radius 2 is 2.57 bits per heavy atom. The van der Waals surface area contributed by atoms with Gasteiger partial charge in [0.1, 0.15) is 23.0 Å². The lowest BCUT2D eigenvalue weighted by molar-refractivity contribution is 0.164. The lowest BCUT2D eigenvalue weighted by atomic mass is 10.3. The predicted molar refractivity (Wildman–Crippen MR) is 34.3 cm³/mol. The van der Waals surface area contributed by atoms with Gasteiger partial charge in [0.05, 0.1) is 12.7 Å². The lowest BCUT2D eigenvalue weighted by Crippen LogP contribution is -2.04. The molecule has 1 saturated heterocycles. The fourth-order valence-corrected chi connectivity index (χ4v) is 0.984. The normalized spacial score (nSPS) is 31.3. The molecule has 1 heterocycles. The van der Waals surface area contributed by atoms with Crippen LogP contribution in [0.4, 0.5) is 0 Å². The molecule has 3 heteroatoms. The van der Waals surface area contributed by atoms with Gasteiger partial charge in [-0.1, -0.05) is 0 Å². The Bertz CT molecular complexity index is 51.7. The van der Waals surface area contributed by atoms with Gasteiger partial charge in [-0.15, -0.1) is 0 Å². The lowest BCUT2D eigenvalue weighted by Gasteiger charge is -1.97. The molecule has 0 N–H and O–H groups in total. The summed E-state index contributed by atoms with van der Waals surface area (Å²) < 4.78 is 9.97. The van der Waals surface area contributed by atoms with E-state index in [1.54, 1.807) is 0 Å². The first kappa shape index (κ1) is 5.78. The Labute approximate surface area is 56.9 Å². The Morgan fingerprint density at radius 1 is 1.71 bits per heavy atom. The molecule has 0 spiro atoms. The Hall–Kier alpha value is 0.650. The predicted octanol–water partition coefficient (Wildman–Crippen LogP) is 1.14. The summed E-state index contributed by atoms with van der Waals surface area (Å²) in [5, 5.41) is 0. The summed E-state index contributed by atoms with van der Waals surface area (Å²) in [7, 11) is 0. The molecule has 1 aliphatic heterocycles. The molecule has 2 nitrogen and oxygen atoms in total. The van der Waals surface area contributed by atoms with Crippen LogP contribution in [0.1, 0.15) is 6.42 Å². The molecule has 0 aromatic carbocycles. The third-order valence-electron chi connectivity index (χ3n) is 1.01. The van der Waals surface area contributed by atoms with Crippen molar-refractivity contribution in [2.24, 2.45) is 0 Å². The van der Waals surface area contributed by atoms with E-state index in [1.165, 1.54) is 0 Å². The summed E-state index contributed by atoms with van der Waals surface area (Å²) in [5.74, 6) is 0. The molecular formula is C4H7IO2. The Morgan fingerprint density at radius 3 is 2.86 bits per heavy atom. The minimum absolute atomic E-state index is 0.362. The maximum atomic E-state index is 5.02. The average molecular weight is 214 g/mol. The van der Waals surface area contributed by atoms with E-state index >= 15 is 0 Å². The van der Waals surface area contributed by atoms with Crippen molar-refractivity contribution in [3.05, 3.63) is 0 Å². The molecule has 0 aromatic heterocycles. The van der Waals surface area contributed by atoms with E-state index in [0.717, 1.165) is 19.6 Å². The van der Waals surface area contributed by atoms with Crippen LogP contribution in [-0.2, 0) is 7.80 Å². The molecule has 7 heavy (non-hydrogen) atoms. The summed E-state index contributed by atoms with van der Waals surface area (Å²) in [6, 6.07) is 0. The summed E-state index contributed by atoms with van der Waals surface area (Å²) in [6.07, 6.45) is 1.42. The van der Waals surface area contributed by atoms with Crippen molar-refractivity contribution < 1.29 is 7.80 Å². The fraction of sp³-hybridized carbons (Fsp3) is 1.00. The van der Waals surface area contributed by atoms with Gasteiger partial charge in [-0.05, 0) is 0 Å². The molecule has 1 aliphatic rings. The summed E-state index contributed by atoms with van der Waals surface area (Å²) >= 11 is 1.91. The van der Waals surface area contributed by atoms with Crippen LogP contribution in [-0.4, -0.2) is 19.3 Å². The molecule has 0 amide bonds. The third-order valence-corrected chi connectivity index (χ3v) is 1.73. The van der Waals surface area contributed by atoms with Crippen molar-refractivity contribution in [3.8, 4) is 0 Å². The minimum atomic E-state index is 0.362. The van der Waals surface area contributed by atoms with Crippen molar-refractivity contribution in [2.75, 3.05) is 13.2 Å². The highest BCUT2D eigenvalue weighted by Gasteiger charge is 2.13. The van der Waals surface area contributed by atoms with Gasteiger partial charge in [-0.25, -0.2) is 0 Å². The smallest absolute Gasteiger partial charge is 0.110 e. The van der Waals surface area contributed by atoms with Crippen LogP contribution in [0.15, 0.2) is 0 Å². The molecule has 0 radical (unpaired) electrons. The summed E-state index contributed by atoms with van der Waals surface area (Å²) in [5.41, 5.74) is 0. The SMILES string of the molecule is IO[C@H]1CCOC1. The second-order valence-corrected chi connectivity index (χ2v) is 2.08. The highest BCUT2D eigenvalue weighted by atomic mass is 127. The molecule has 1 rings (SSSR count). The second-order valence-electron chi connectivity index (χ2n) is 1.57. The van der Waals surface area contributed by atoms with Gasteiger partial charge in [0.2, 0.25) is 0 Å². The monoisotopic (exact) mass is 214 g/mol. The van der Waals surface area contributed by atoms with E-state index in [-0.39, 0.29) is 0 Å². The van der Waals surface area contributed by atoms with Crippen LogP contribution in [0.3, 0.4) is 0 Å². The van der Waals surface area contributed by atoms with Gasteiger partial charge in [-0.2, -0.15) is 0 Å². The molecule has 0 aromatic rings. The van der Waals surface area contributed by atoms with Crippen molar-refractivity contribution in [2.45, 2.75) is 12.5 Å². The molecule has 0 unspecified atom stereocenters. The van der Waals surface area contributed by atoms with Gasteiger partial charge in [0, 0.05) is 13.0 Å². The Balaban J connectivity index is 2.14. The molecule has 1 atom stereocenters. The molecular weight excluding hydrogens is 207 g/mol. The first-order chi connectivity index (χ1) is 3.43.